The predicted molar refractivity (Wildman–Crippen MR) is 132 cm³/mol. The molecule has 2 aromatic rings. The van der Waals surface area contributed by atoms with E-state index in [9.17, 15) is 24.1 Å². The van der Waals surface area contributed by atoms with Gasteiger partial charge in [0.15, 0.2) is 6.23 Å². The third-order valence-electron chi connectivity index (χ3n) is 5.28. The minimum Gasteiger partial charge on any atom is -0.459 e. The second kappa shape index (κ2) is 12.5. The number of rotatable bonds is 12. The minimum absolute atomic E-state index is 0.111. The number of benzene rings is 1. The summed E-state index contributed by atoms with van der Waals surface area (Å²) in [5.41, 5.74) is -1.77. The summed E-state index contributed by atoms with van der Waals surface area (Å²) in [5.74, 6) is -0.673. The van der Waals surface area contributed by atoms with E-state index in [2.05, 4.69) is 5.09 Å². The standard InChI is InChI=1S/C22H28ClFN3O10P/c1-13(11-33-3)35-19(30)14(2)26-38(32,37-15-7-5-4-6-8-15)34-12-16-18(29)22(23,24)20(36-16)27-10-9-17(28)25-21(27)31/h4-10,13-14,16,18,20,29H,11-12H2,1-3H3,(H,26,32)(H,25,28,31)/t13-,14+,16-,18-,20-,22-,38?/m1/s1. The summed E-state index contributed by atoms with van der Waals surface area (Å²) < 4.78 is 56.0. The second-order valence-electron chi connectivity index (χ2n) is 8.41. The van der Waals surface area contributed by atoms with Crippen LogP contribution in [0.2, 0.25) is 0 Å². The summed E-state index contributed by atoms with van der Waals surface area (Å²) in [4.78, 5) is 37.8. The van der Waals surface area contributed by atoms with Crippen molar-refractivity contribution in [3.63, 3.8) is 0 Å². The number of carbonyl (C=O) groups is 1. The van der Waals surface area contributed by atoms with Crippen molar-refractivity contribution in [1.82, 2.24) is 14.6 Å². The number of H-pyrrole nitrogens is 1. The number of aromatic nitrogens is 2. The van der Waals surface area contributed by atoms with E-state index in [1.54, 1.807) is 25.1 Å². The Hall–Kier alpha value is -2.58. The van der Waals surface area contributed by atoms with Gasteiger partial charge in [-0.05, 0) is 26.0 Å². The van der Waals surface area contributed by atoms with E-state index in [0.29, 0.717) is 4.57 Å². The van der Waals surface area contributed by atoms with Crippen LogP contribution >= 0.6 is 19.3 Å². The van der Waals surface area contributed by atoms with Gasteiger partial charge in [0.05, 0.1) is 13.2 Å². The number of aliphatic hydroxyl groups is 1. The highest BCUT2D eigenvalue weighted by molar-refractivity contribution is 7.52. The quantitative estimate of drug-likeness (QED) is 0.189. The lowest BCUT2D eigenvalue weighted by Gasteiger charge is -2.25. The largest absolute Gasteiger partial charge is 0.459 e. The van der Waals surface area contributed by atoms with E-state index in [4.69, 9.17) is 34.9 Å². The minimum atomic E-state index is -4.39. The number of carbonyl (C=O) groups excluding carboxylic acids is 1. The molecule has 38 heavy (non-hydrogen) atoms. The summed E-state index contributed by atoms with van der Waals surface area (Å²) >= 11 is 5.87. The Morgan fingerprint density at radius 1 is 1.32 bits per heavy atom. The van der Waals surface area contributed by atoms with E-state index < -0.39 is 67.3 Å². The van der Waals surface area contributed by atoms with Crippen LogP contribution in [0.5, 0.6) is 5.75 Å². The fraction of sp³-hybridized carbons (Fsp3) is 0.500. The molecule has 0 radical (unpaired) electrons. The van der Waals surface area contributed by atoms with Crippen LogP contribution in [0.1, 0.15) is 20.1 Å². The average molecular weight is 580 g/mol. The van der Waals surface area contributed by atoms with Gasteiger partial charge >= 0.3 is 19.4 Å². The maximum atomic E-state index is 15.2. The van der Waals surface area contributed by atoms with Gasteiger partial charge in [-0.15, -0.1) is 0 Å². The van der Waals surface area contributed by atoms with Crippen LogP contribution in [0.15, 0.2) is 52.2 Å². The fourth-order valence-corrected chi connectivity index (χ4v) is 5.26. The monoisotopic (exact) mass is 579 g/mol. The number of hydrogen-bond acceptors (Lipinski definition) is 10. The lowest BCUT2D eigenvalue weighted by atomic mass is 10.1. The molecule has 1 aromatic carbocycles. The Labute approximate surface area is 221 Å². The van der Waals surface area contributed by atoms with Crippen LogP contribution < -0.4 is 20.9 Å². The number of methoxy groups -OCH3 is 1. The van der Waals surface area contributed by atoms with Crippen molar-refractivity contribution >= 4 is 25.3 Å². The van der Waals surface area contributed by atoms with Crippen molar-refractivity contribution in [2.75, 3.05) is 20.3 Å². The van der Waals surface area contributed by atoms with Gasteiger partial charge in [-0.1, -0.05) is 29.8 Å². The Morgan fingerprint density at radius 2 is 2.00 bits per heavy atom. The SMILES string of the molecule is COC[C@@H](C)OC(=O)[C@H](C)NP(=O)(OC[C@H]1O[C@@H](n2ccc(=O)[nH]c2=O)[C@@](F)(Cl)[C@@H]1O)Oc1ccccc1. The molecule has 0 amide bonds. The second-order valence-corrected chi connectivity index (χ2v) is 10.7. The maximum Gasteiger partial charge on any atom is 0.459 e. The third kappa shape index (κ3) is 7.29. The zero-order valence-electron chi connectivity index (χ0n) is 20.6. The molecule has 0 saturated carbocycles. The molecule has 0 bridgehead atoms. The molecule has 16 heteroatoms. The number of nitrogens with zero attached hydrogens (tertiary/aromatic N) is 1. The van der Waals surface area contributed by atoms with E-state index in [1.165, 1.54) is 26.2 Å². The number of para-hydroxylation sites is 1. The Bertz CT molecular complexity index is 1260. The van der Waals surface area contributed by atoms with Crippen LogP contribution in [0.3, 0.4) is 0 Å². The number of hydrogen-bond donors (Lipinski definition) is 3. The Morgan fingerprint density at radius 3 is 2.63 bits per heavy atom. The molecule has 1 fully saturated rings. The van der Waals surface area contributed by atoms with Crippen molar-refractivity contribution in [2.24, 2.45) is 0 Å². The van der Waals surface area contributed by atoms with Crippen LogP contribution in [-0.4, -0.2) is 70.4 Å². The van der Waals surface area contributed by atoms with E-state index in [1.807, 2.05) is 4.98 Å². The molecule has 210 valence electrons. The first kappa shape index (κ1) is 30.0. The van der Waals surface area contributed by atoms with Crippen LogP contribution in [0, 0.1) is 0 Å². The zero-order chi connectivity index (χ0) is 28.1. The highest BCUT2D eigenvalue weighted by Crippen LogP contribution is 2.48. The number of aromatic amines is 1. The number of alkyl halides is 2. The van der Waals surface area contributed by atoms with Gasteiger partial charge < -0.3 is 23.8 Å². The van der Waals surface area contributed by atoms with Crippen molar-refractivity contribution in [3.05, 3.63) is 63.4 Å². The van der Waals surface area contributed by atoms with Crippen LogP contribution in [0.25, 0.3) is 0 Å². The first-order valence-corrected chi connectivity index (χ1v) is 13.3. The third-order valence-corrected chi connectivity index (χ3v) is 7.34. The lowest BCUT2D eigenvalue weighted by Crippen LogP contribution is -2.42. The molecule has 2 heterocycles. The van der Waals surface area contributed by atoms with Crippen molar-refractivity contribution < 1.29 is 42.1 Å². The Balaban J connectivity index is 1.78. The first-order valence-electron chi connectivity index (χ1n) is 11.4. The average Bonchev–Trinajstić information content (AvgIpc) is 3.07. The fourth-order valence-electron chi connectivity index (χ4n) is 3.46. The first-order chi connectivity index (χ1) is 17.9. The molecule has 1 unspecified atom stereocenters. The van der Waals surface area contributed by atoms with Gasteiger partial charge in [0.25, 0.3) is 10.7 Å². The summed E-state index contributed by atoms with van der Waals surface area (Å²) in [6.07, 6.45) is -5.11. The highest BCUT2D eigenvalue weighted by atomic mass is 35.5. The number of nitrogens with one attached hydrogen (secondary N) is 2. The molecular weight excluding hydrogens is 552 g/mol. The summed E-state index contributed by atoms with van der Waals surface area (Å²) in [6.45, 7) is 2.35. The Kier molecular flexibility index (Phi) is 9.87. The van der Waals surface area contributed by atoms with Crippen molar-refractivity contribution in [2.45, 2.75) is 49.6 Å². The molecule has 3 N–H and O–H groups in total. The number of aliphatic hydroxyl groups excluding tert-OH is 1. The molecule has 3 rings (SSSR count). The molecule has 13 nitrogen and oxygen atoms in total. The molecular formula is C22H28ClFN3O10P. The van der Waals surface area contributed by atoms with E-state index in [0.717, 1.165) is 12.3 Å². The molecule has 0 aliphatic carbocycles. The zero-order valence-corrected chi connectivity index (χ0v) is 22.3. The summed E-state index contributed by atoms with van der Waals surface area (Å²) in [6, 6.07) is 7.59. The van der Waals surface area contributed by atoms with Gasteiger partial charge in [-0.3, -0.25) is 23.7 Å². The van der Waals surface area contributed by atoms with Gasteiger partial charge in [0.2, 0.25) is 0 Å². The molecule has 1 aliphatic heterocycles. The summed E-state index contributed by atoms with van der Waals surface area (Å²) in [5, 5.41) is 9.88. The van der Waals surface area contributed by atoms with E-state index >= 15 is 4.39 Å². The number of esters is 1. The molecule has 1 saturated heterocycles. The number of halogens is 2. The summed E-state index contributed by atoms with van der Waals surface area (Å²) in [7, 11) is -2.96. The predicted octanol–water partition coefficient (Wildman–Crippen LogP) is 1.46. The van der Waals surface area contributed by atoms with Gasteiger partial charge in [0.1, 0.15) is 30.1 Å². The molecule has 0 spiro atoms. The van der Waals surface area contributed by atoms with Crippen LogP contribution in [0.4, 0.5) is 4.39 Å². The van der Waals surface area contributed by atoms with Gasteiger partial charge in [0, 0.05) is 19.4 Å². The van der Waals surface area contributed by atoms with Crippen molar-refractivity contribution in [3.8, 4) is 5.75 Å². The van der Waals surface area contributed by atoms with Crippen LogP contribution in [-0.2, 0) is 28.1 Å². The molecule has 7 atom stereocenters. The number of ether oxygens (including phenoxy) is 3. The van der Waals surface area contributed by atoms with E-state index in [-0.39, 0.29) is 12.4 Å². The molecule has 1 aliphatic rings. The molecule has 1 aromatic heterocycles. The van der Waals surface area contributed by atoms with Gasteiger partial charge in [-0.2, -0.15) is 5.09 Å². The smallest absolute Gasteiger partial charge is 0.459 e. The maximum absolute atomic E-state index is 15.2. The topological polar surface area (TPSA) is 167 Å². The normalized spacial score (nSPS) is 26.3. The lowest BCUT2D eigenvalue weighted by molar-refractivity contribution is -0.152. The van der Waals surface area contributed by atoms with Gasteiger partial charge in [-0.25, -0.2) is 13.8 Å². The van der Waals surface area contributed by atoms with Crippen molar-refractivity contribution in [1.29, 1.82) is 0 Å². The highest BCUT2D eigenvalue weighted by Gasteiger charge is 2.58.